The van der Waals surface area contributed by atoms with E-state index in [0.717, 1.165) is 24.2 Å². The Morgan fingerprint density at radius 3 is 2.67 bits per heavy atom. The highest BCUT2D eigenvalue weighted by Gasteiger charge is 2.16. The molecule has 0 heterocycles. The third-order valence-corrected chi connectivity index (χ3v) is 4.71. The number of carbonyl (C=O) groups excluding carboxylic acids is 1. The van der Waals surface area contributed by atoms with Crippen LogP contribution in [0.5, 0.6) is 5.75 Å². The van der Waals surface area contributed by atoms with Gasteiger partial charge in [0.05, 0.1) is 0 Å². The second-order valence-electron chi connectivity index (χ2n) is 6.27. The van der Waals surface area contributed by atoms with E-state index >= 15 is 0 Å². The summed E-state index contributed by atoms with van der Waals surface area (Å²) in [5.41, 5.74) is 3.69. The van der Waals surface area contributed by atoms with Crippen LogP contribution in [-0.2, 0) is 24.2 Å². The van der Waals surface area contributed by atoms with Gasteiger partial charge in [0.1, 0.15) is 5.75 Å². The van der Waals surface area contributed by atoms with Gasteiger partial charge in [-0.05, 0) is 60.6 Å². The van der Waals surface area contributed by atoms with Crippen molar-refractivity contribution in [3.8, 4) is 5.75 Å². The van der Waals surface area contributed by atoms with Gasteiger partial charge in [0.15, 0.2) is 6.61 Å². The smallest absolute Gasteiger partial charge is 0.260 e. The van der Waals surface area contributed by atoms with Gasteiger partial charge >= 0.3 is 0 Å². The number of benzene rings is 2. The minimum absolute atomic E-state index is 0.0293. The summed E-state index contributed by atoms with van der Waals surface area (Å²) in [5.74, 6) is 0.832. The van der Waals surface area contributed by atoms with E-state index in [9.17, 15) is 4.79 Å². The Balaban J connectivity index is 1.58. The molecule has 0 aromatic heterocycles. The monoisotopic (exact) mass is 343 g/mol. The fourth-order valence-electron chi connectivity index (χ4n) is 3.08. The number of carbonyl (C=O) groups is 1. The average molecular weight is 344 g/mol. The molecule has 0 atom stereocenters. The lowest BCUT2D eigenvalue weighted by atomic mass is 9.91. The van der Waals surface area contributed by atoms with Crippen LogP contribution in [0.2, 0.25) is 5.02 Å². The lowest BCUT2D eigenvalue weighted by molar-refractivity contribution is -0.132. The number of rotatable bonds is 5. The molecule has 1 aliphatic rings. The van der Waals surface area contributed by atoms with E-state index in [2.05, 4.69) is 6.07 Å². The van der Waals surface area contributed by atoms with Crippen LogP contribution in [0.15, 0.2) is 42.5 Å². The first kappa shape index (κ1) is 16.8. The van der Waals surface area contributed by atoms with E-state index in [1.807, 2.05) is 36.4 Å². The van der Waals surface area contributed by atoms with Gasteiger partial charge in [-0.2, -0.15) is 0 Å². The van der Waals surface area contributed by atoms with Crippen molar-refractivity contribution < 1.29 is 9.53 Å². The number of halogens is 1. The molecule has 126 valence electrons. The van der Waals surface area contributed by atoms with Gasteiger partial charge in [-0.1, -0.05) is 35.9 Å². The summed E-state index contributed by atoms with van der Waals surface area (Å²) >= 11 is 5.89. The van der Waals surface area contributed by atoms with E-state index < -0.39 is 0 Å². The number of hydrogen-bond donors (Lipinski definition) is 0. The Kier molecular flexibility index (Phi) is 5.41. The van der Waals surface area contributed by atoms with Gasteiger partial charge in [-0.15, -0.1) is 0 Å². The van der Waals surface area contributed by atoms with Crippen LogP contribution >= 0.6 is 11.6 Å². The van der Waals surface area contributed by atoms with Gasteiger partial charge in [-0.3, -0.25) is 4.79 Å². The molecule has 0 N–H and O–H groups in total. The zero-order valence-corrected chi connectivity index (χ0v) is 14.7. The van der Waals surface area contributed by atoms with Gasteiger partial charge in [-0.25, -0.2) is 0 Å². The van der Waals surface area contributed by atoms with Crippen molar-refractivity contribution in [2.75, 3.05) is 13.7 Å². The fourth-order valence-corrected chi connectivity index (χ4v) is 3.21. The molecule has 24 heavy (non-hydrogen) atoms. The summed E-state index contributed by atoms with van der Waals surface area (Å²) in [5, 5.41) is 0.699. The number of aryl methyl sites for hydroxylation is 1. The van der Waals surface area contributed by atoms with Crippen LogP contribution in [0.25, 0.3) is 0 Å². The molecule has 0 bridgehead atoms. The normalized spacial score (nSPS) is 13.2. The van der Waals surface area contributed by atoms with Gasteiger partial charge in [0, 0.05) is 18.6 Å². The molecule has 2 aromatic rings. The molecular weight excluding hydrogens is 322 g/mol. The molecular formula is C20H22ClNO2. The highest BCUT2D eigenvalue weighted by Crippen LogP contribution is 2.29. The van der Waals surface area contributed by atoms with Crippen molar-refractivity contribution >= 4 is 17.5 Å². The Morgan fingerprint density at radius 1 is 1.12 bits per heavy atom. The number of fused-ring (bicyclic) bond motifs is 1. The first-order valence-corrected chi connectivity index (χ1v) is 8.73. The Morgan fingerprint density at radius 2 is 1.88 bits per heavy atom. The van der Waals surface area contributed by atoms with Gasteiger partial charge in [0.2, 0.25) is 0 Å². The van der Waals surface area contributed by atoms with Gasteiger partial charge in [0.25, 0.3) is 5.91 Å². The number of likely N-dealkylation sites (N-methyl/N-ethyl adjacent to an activating group) is 1. The molecule has 1 amide bonds. The number of hydrogen-bond acceptors (Lipinski definition) is 2. The first-order valence-electron chi connectivity index (χ1n) is 8.35. The third kappa shape index (κ3) is 4.09. The third-order valence-electron chi connectivity index (χ3n) is 4.46. The quantitative estimate of drug-likeness (QED) is 0.812. The highest BCUT2D eigenvalue weighted by molar-refractivity contribution is 6.30. The molecule has 1 aliphatic carbocycles. The SMILES string of the molecule is CN(Cc1ccc(Cl)cc1)C(=O)COc1cccc2c1CCCC2. The minimum Gasteiger partial charge on any atom is -0.483 e. The van der Waals surface area contributed by atoms with Crippen LogP contribution in [0, 0.1) is 0 Å². The van der Waals surface area contributed by atoms with Crippen LogP contribution in [0.1, 0.15) is 29.5 Å². The number of ether oxygens (including phenoxy) is 1. The summed E-state index contributed by atoms with van der Waals surface area (Å²) < 4.78 is 5.83. The zero-order chi connectivity index (χ0) is 16.9. The predicted octanol–water partition coefficient (Wildman–Crippen LogP) is 4.26. The summed E-state index contributed by atoms with van der Waals surface area (Å²) in [6.45, 7) is 0.618. The maximum Gasteiger partial charge on any atom is 0.260 e. The van der Waals surface area contributed by atoms with Crippen molar-refractivity contribution in [1.82, 2.24) is 4.90 Å². The lowest BCUT2D eigenvalue weighted by Crippen LogP contribution is -2.31. The molecule has 0 radical (unpaired) electrons. The van der Waals surface area contributed by atoms with E-state index in [1.165, 1.54) is 24.0 Å². The van der Waals surface area contributed by atoms with E-state index in [4.69, 9.17) is 16.3 Å². The molecule has 2 aromatic carbocycles. The summed E-state index contributed by atoms with van der Waals surface area (Å²) in [6, 6.07) is 13.7. The maximum absolute atomic E-state index is 12.3. The van der Waals surface area contributed by atoms with Crippen LogP contribution in [0.3, 0.4) is 0 Å². The second kappa shape index (κ2) is 7.71. The van der Waals surface area contributed by atoms with E-state index in [-0.39, 0.29) is 12.5 Å². The minimum atomic E-state index is -0.0293. The number of nitrogens with zero attached hydrogens (tertiary/aromatic N) is 1. The van der Waals surface area contributed by atoms with Crippen LogP contribution in [-0.4, -0.2) is 24.5 Å². The molecule has 0 unspecified atom stereocenters. The molecule has 0 saturated heterocycles. The highest BCUT2D eigenvalue weighted by atomic mass is 35.5. The first-order chi connectivity index (χ1) is 11.6. The maximum atomic E-state index is 12.3. The molecule has 3 nitrogen and oxygen atoms in total. The molecule has 0 spiro atoms. The molecule has 0 fully saturated rings. The average Bonchev–Trinajstić information content (AvgIpc) is 2.61. The molecule has 0 aliphatic heterocycles. The van der Waals surface area contributed by atoms with Crippen molar-refractivity contribution in [2.24, 2.45) is 0 Å². The predicted molar refractivity (Wildman–Crippen MR) is 96.5 cm³/mol. The standard InChI is InChI=1S/C20H22ClNO2/c1-22(13-15-9-11-17(21)12-10-15)20(23)14-24-19-8-4-6-16-5-2-3-7-18(16)19/h4,6,8-12H,2-3,5,7,13-14H2,1H3. The topological polar surface area (TPSA) is 29.5 Å². The lowest BCUT2D eigenvalue weighted by Gasteiger charge is -2.21. The van der Waals surface area contributed by atoms with Crippen LogP contribution < -0.4 is 4.74 Å². The molecule has 3 rings (SSSR count). The van der Waals surface area contributed by atoms with E-state index in [1.54, 1.807) is 11.9 Å². The van der Waals surface area contributed by atoms with Crippen molar-refractivity contribution in [2.45, 2.75) is 32.2 Å². The van der Waals surface area contributed by atoms with Crippen molar-refractivity contribution in [1.29, 1.82) is 0 Å². The Hall–Kier alpha value is -2.00. The summed E-state index contributed by atoms with van der Waals surface area (Å²) in [4.78, 5) is 14.0. The number of amides is 1. The van der Waals surface area contributed by atoms with E-state index in [0.29, 0.717) is 11.6 Å². The zero-order valence-electron chi connectivity index (χ0n) is 13.9. The Bertz CT molecular complexity index is 712. The largest absolute Gasteiger partial charge is 0.483 e. The second-order valence-corrected chi connectivity index (χ2v) is 6.70. The van der Waals surface area contributed by atoms with Crippen molar-refractivity contribution in [3.63, 3.8) is 0 Å². The molecule has 0 saturated carbocycles. The summed E-state index contributed by atoms with van der Waals surface area (Å²) in [6.07, 6.45) is 4.58. The Labute approximate surface area is 148 Å². The van der Waals surface area contributed by atoms with Crippen molar-refractivity contribution in [3.05, 3.63) is 64.2 Å². The summed E-state index contributed by atoms with van der Waals surface area (Å²) in [7, 11) is 1.79. The fraction of sp³-hybridized carbons (Fsp3) is 0.350. The van der Waals surface area contributed by atoms with Crippen LogP contribution in [0.4, 0.5) is 0 Å². The van der Waals surface area contributed by atoms with Gasteiger partial charge < -0.3 is 9.64 Å². The molecule has 4 heteroatoms.